The molecule has 11 heteroatoms. The molecule has 0 aliphatic rings. The molecule has 9 nitrogen and oxygen atoms in total. The Morgan fingerprint density at radius 1 is 1.29 bits per heavy atom. The van der Waals surface area contributed by atoms with Gasteiger partial charge in [-0.3, -0.25) is 14.9 Å². The van der Waals surface area contributed by atoms with Crippen molar-refractivity contribution in [2.75, 3.05) is 7.11 Å². The van der Waals surface area contributed by atoms with E-state index < -0.39 is 4.92 Å². The normalized spacial score (nSPS) is 12.1. The molecule has 0 aliphatic carbocycles. The lowest BCUT2D eigenvalue weighted by atomic mass is 10.1. The molecular weight excluding hydrogens is 488 g/mol. The minimum absolute atomic E-state index is 0.0789. The highest BCUT2D eigenvalue weighted by Gasteiger charge is 2.16. The Morgan fingerprint density at radius 3 is 2.90 bits per heavy atom. The maximum absolute atomic E-state index is 12.9. The molecule has 0 amide bonds. The summed E-state index contributed by atoms with van der Waals surface area (Å²) in [5, 5.41) is 11.0. The van der Waals surface area contributed by atoms with Crippen LogP contribution in [-0.4, -0.2) is 26.4 Å². The van der Waals surface area contributed by atoms with Gasteiger partial charge in [-0.25, -0.2) is 14.4 Å². The standard InChI is InChI=1S/C20H11BrN4O5S/c1-29-16-7-11(25(27)28)2-4-13(16)15-5-3-12(30-15)8-17-19(26)24-18-14(23-20(24)31-17)6-10(21)9-22-18/h2-9H,1H3/b17-8-. The number of hydrogen-bond donors (Lipinski definition) is 0. The molecule has 0 saturated carbocycles. The smallest absolute Gasteiger partial charge is 0.276 e. The molecule has 5 rings (SSSR count). The second-order valence-electron chi connectivity index (χ2n) is 6.49. The molecule has 154 valence electrons. The fourth-order valence-corrected chi connectivity index (χ4v) is 4.49. The van der Waals surface area contributed by atoms with Gasteiger partial charge in [0.2, 0.25) is 0 Å². The van der Waals surface area contributed by atoms with E-state index >= 15 is 0 Å². The van der Waals surface area contributed by atoms with E-state index in [9.17, 15) is 14.9 Å². The van der Waals surface area contributed by atoms with Gasteiger partial charge in [0, 0.05) is 22.8 Å². The van der Waals surface area contributed by atoms with Crippen molar-refractivity contribution in [3.8, 4) is 17.1 Å². The third-order valence-corrected chi connectivity index (χ3v) is 6.01. The molecule has 0 radical (unpaired) electrons. The van der Waals surface area contributed by atoms with Crippen molar-refractivity contribution in [2.45, 2.75) is 0 Å². The highest BCUT2D eigenvalue weighted by Crippen LogP contribution is 2.34. The summed E-state index contributed by atoms with van der Waals surface area (Å²) in [6, 6.07) is 9.51. The average molecular weight is 499 g/mol. The first-order valence-corrected chi connectivity index (χ1v) is 10.5. The van der Waals surface area contributed by atoms with Crippen LogP contribution >= 0.6 is 27.3 Å². The van der Waals surface area contributed by atoms with Crippen LogP contribution in [0.3, 0.4) is 0 Å². The number of halogens is 1. The number of imidazole rings is 1. The van der Waals surface area contributed by atoms with Crippen molar-refractivity contribution in [3.63, 3.8) is 0 Å². The summed E-state index contributed by atoms with van der Waals surface area (Å²) in [6.07, 6.45) is 3.25. The van der Waals surface area contributed by atoms with Gasteiger partial charge >= 0.3 is 0 Å². The molecule has 0 aliphatic heterocycles. The van der Waals surface area contributed by atoms with Crippen LogP contribution in [0, 0.1) is 10.1 Å². The van der Waals surface area contributed by atoms with E-state index in [1.165, 1.54) is 35.0 Å². The first-order valence-electron chi connectivity index (χ1n) is 8.85. The first kappa shape index (κ1) is 19.4. The van der Waals surface area contributed by atoms with E-state index in [0.717, 1.165) is 4.47 Å². The minimum atomic E-state index is -0.492. The lowest BCUT2D eigenvalue weighted by molar-refractivity contribution is -0.384. The van der Waals surface area contributed by atoms with Crippen LogP contribution in [-0.2, 0) is 0 Å². The van der Waals surface area contributed by atoms with Gasteiger partial charge in [-0.1, -0.05) is 11.3 Å². The largest absolute Gasteiger partial charge is 0.496 e. The highest BCUT2D eigenvalue weighted by atomic mass is 79.9. The van der Waals surface area contributed by atoms with E-state index in [1.54, 1.807) is 36.5 Å². The number of furan rings is 1. The summed E-state index contributed by atoms with van der Waals surface area (Å²) in [5.41, 5.74) is 1.38. The van der Waals surface area contributed by atoms with E-state index in [2.05, 4.69) is 25.9 Å². The quantitative estimate of drug-likeness (QED) is 0.273. The van der Waals surface area contributed by atoms with Crippen LogP contribution in [0.1, 0.15) is 5.76 Å². The predicted octanol–water partition coefficient (Wildman–Crippen LogP) is 3.79. The zero-order valence-corrected chi connectivity index (χ0v) is 18.1. The number of thiazole rings is 1. The Labute approximate surface area is 185 Å². The Hall–Kier alpha value is -3.57. The van der Waals surface area contributed by atoms with Crippen LogP contribution in [0.25, 0.3) is 33.5 Å². The molecule has 0 bridgehead atoms. The van der Waals surface area contributed by atoms with E-state index in [1.807, 2.05) is 0 Å². The molecule has 1 aromatic carbocycles. The first-order chi connectivity index (χ1) is 14.9. The Morgan fingerprint density at radius 2 is 2.13 bits per heavy atom. The number of nitro groups is 1. The summed E-state index contributed by atoms with van der Waals surface area (Å²) in [4.78, 5) is 32.7. The maximum Gasteiger partial charge on any atom is 0.276 e. The van der Waals surface area contributed by atoms with Gasteiger partial charge in [0.1, 0.15) is 27.3 Å². The summed E-state index contributed by atoms with van der Waals surface area (Å²) in [5.74, 6) is 1.23. The van der Waals surface area contributed by atoms with Crippen molar-refractivity contribution in [1.29, 1.82) is 0 Å². The topological polar surface area (TPSA) is 113 Å². The Kier molecular flexibility index (Phi) is 4.56. The molecule has 0 unspecified atom stereocenters. The lowest BCUT2D eigenvalue weighted by Crippen LogP contribution is -2.22. The summed E-state index contributed by atoms with van der Waals surface area (Å²) >= 11 is 4.59. The summed E-state index contributed by atoms with van der Waals surface area (Å²) in [6.45, 7) is 0. The summed E-state index contributed by atoms with van der Waals surface area (Å²) < 4.78 is 13.8. The molecule has 0 N–H and O–H groups in total. The summed E-state index contributed by atoms with van der Waals surface area (Å²) in [7, 11) is 1.43. The zero-order chi connectivity index (χ0) is 21.7. The van der Waals surface area contributed by atoms with Gasteiger partial charge in [-0.05, 0) is 40.2 Å². The minimum Gasteiger partial charge on any atom is -0.496 e. The van der Waals surface area contributed by atoms with Gasteiger partial charge in [-0.15, -0.1) is 0 Å². The molecule has 0 spiro atoms. The van der Waals surface area contributed by atoms with Crippen molar-refractivity contribution < 1.29 is 14.1 Å². The number of aromatic nitrogens is 3. The van der Waals surface area contributed by atoms with Gasteiger partial charge in [-0.2, -0.15) is 0 Å². The second-order valence-corrected chi connectivity index (χ2v) is 8.41. The van der Waals surface area contributed by atoms with E-state index in [-0.39, 0.29) is 11.2 Å². The third kappa shape index (κ3) is 3.27. The number of non-ortho nitro benzene ring substituents is 1. The number of nitrogens with zero attached hydrogens (tertiary/aromatic N) is 4. The average Bonchev–Trinajstić information content (AvgIpc) is 3.43. The fraction of sp³-hybridized carbons (Fsp3) is 0.0500. The number of rotatable bonds is 4. The van der Waals surface area contributed by atoms with Crippen LogP contribution in [0.5, 0.6) is 5.75 Å². The number of nitro benzene ring substituents is 1. The van der Waals surface area contributed by atoms with Crippen molar-refractivity contribution >= 4 is 55.2 Å². The third-order valence-electron chi connectivity index (χ3n) is 4.61. The fourth-order valence-electron chi connectivity index (χ4n) is 3.22. The van der Waals surface area contributed by atoms with Gasteiger partial charge < -0.3 is 9.15 Å². The van der Waals surface area contributed by atoms with Crippen molar-refractivity contribution in [1.82, 2.24) is 14.4 Å². The van der Waals surface area contributed by atoms with Crippen molar-refractivity contribution in [2.24, 2.45) is 0 Å². The van der Waals surface area contributed by atoms with Gasteiger partial charge in [0.05, 0.1) is 23.7 Å². The maximum atomic E-state index is 12.9. The van der Waals surface area contributed by atoms with Crippen LogP contribution in [0.15, 0.2) is 56.3 Å². The van der Waals surface area contributed by atoms with E-state index in [4.69, 9.17) is 9.15 Å². The molecular formula is C20H11BrN4O5S. The van der Waals surface area contributed by atoms with Crippen LogP contribution in [0.4, 0.5) is 5.69 Å². The molecule has 0 atom stereocenters. The molecule has 0 saturated heterocycles. The molecule has 5 aromatic rings. The van der Waals surface area contributed by atoms with Gasteiger partial charge in [0.25, 0.3) is 11.2 Å². The number of hydrogen-bond acceptors (Lipinski definition) is 8. The number of ether oxygens (including phenoxy) is 1. The molecule has 4 aromatic heterocycles. The predicted molar refractivity (Wildman–Crippen MR) is 118 cm³/mol. The molecule has 31 heavy (non-hydrogen) atoms. The highest BCUT2D eigenvalue weighted by molar-refractivity contribution is 9.10. The number of fused-ring (bicyclic) bond motifs is 3. The van der Waals surface area contributed by atoms with Gasteiger partial charge in [0.15, 0.2) is 10.6 Å². The number of benzene rings is 1. The number of methoxy groups -OCH3 is 1. The zero-order valence-electron chi connectivity index (χ0n) is 15.7. The van der Waals surface area contributed by atoms with Crippen molar-refractivity contribution in [3.05, 3.63) is 77.8 Å². The monoisotopic (exact) mass is 498 g/mol. The second kappa shape index (κ2) is 7.29. The molecule has 0 fully saturated rings. The lowest BCUT2D eigenvalue weighted by Gasteiger charge is -2.05. The Balaban J connectivity index is 1.58. The van der Waals surface area contributed by atoms with Crippen LogP contribution < -0.4 is 14.8 Å². The number of pyridine rings is 1. The SMILES string of the molecule is COc1cc([N+](=O)[O-])ccc1-c1ccc(/C=c2\sc3nc4cc(Br)cnc4n3c2=O)o1. The van der Waals surface area contributed by atoms with E-state index in [0.29, 0.717) is 43.5 Å². The Bertz CT molecular complexity index is 1600. The van der Waals surface area contributed by atoms with Crippen LogP contribution in [0.2, 0.25) is 0 Å². The molecule has 4 heterocycles.